The van der Waals surface area contributed by atoms with Crippen molar-refractivity contribution in [3.8, 4) is 0 Å². The van der Waals surface area contributed by atoms with Crippen molar-refractivity contribution in [3.63, 3.8) is 0 Å². The minimum absolute atomic E-state index is 0.0751. The average Bonchev–Trinajstić information content (AvgIpc) is 3.08. The van der Waals surface area contributed by atoms with E-state index >= 15 is 0 Å². The summed E-state index contributed by atoms with van der Waals surface area (Å²) >= 11 is 6.06. The Kier molecular flexibility index (Phi) is 3.90. The molecule has 21 heavy (non-hydrogen) atoms. The van der Waals surface area contributed by atoms with Crippen LogP contribution < -0.4 is 10.6 Å². The van der Waals surface area contributed by atoms with E-state index in [1.54, 1.807) is 12.1 Å². The normalized spacial score (nSPS) is 17.9. The molecule has 1 aromatic carbocycles. The quantitative estimate of drug-likeness (QED) is 0.911. The zero-order chi connectivity index (χ0) is 14.8. The summed E-state index contributed by atoms with van der Waals surface area (Å²) < 4.78 is 5.46. The van der Waals surface area contributed by atoms with Crippen molar-refractivity contribution in [2.24, 2.45) is 0 Å². The van der Waals surface area contributed by atoms with Gasteiger partial charge in [-0.1, -0.05) is 22.8 Å². The number of halogens is 1. The Morgan fingerprint density at radius 3 is 3.05 bits per heavy atom. The molecule has 3 rings (SSSR count). The third-order valence-electron chi connectivity index (χ3n) is 3.39. The number of aryl methyl sites for hydroxylation is 1. The highest BCUT2D eigenvalue weighted by Gasteiger charge is 2.23. The minimum atomic E-state index is -0.366. The van der Waals surface area contributed by atoms with Gasteiger partial charge in [0.05, 0.1) is 16.6 Å². The van der Waals surface area contributed by atoms with Crippen LogP contribution in [0.25, 0.3) is 0 Å². The number of anilines is 1. The van der Waals surface area contributed by atoms with Crippen LogP contribution in [-0.2, 0) is 0 Å². The van der Waals surface area contributed by atoms with E-state index in [0.29, 0.717) is 16.5 Å². The molecule has 0 aliphatic carbocycles. The summed E-state index contributed by atoms with van der Waals surface area (Å²) in [5.74, 6) is 0.132. The van der Waals surface area contributed by atoms with Crippen molar-refractivity contribution in [2.75, 3.05) is 11.9 Å². The van der Waals surface area contributed by atoms with Gasteiger partial charge in [0, 0.05) is 0 Å². The van der Waals surface area contributed by atoms with E-state index < -0.39 is 0 Å². The first kappa shape index (κ1) is 14.0. The molecule has 6 nitrogen and oxygen atoms in total. The number of nitrogens with zero attached hydrogens (tertiary/aromatic N) is 2. The number of hydrogen-bond donors (Lipinski definition) is 2. The van der Waals surface area contributed by atoms with Gasteiger partial charge in [0.25, 0.3) is 5.91 Å². The lowest BCUT2D eigenvalue weighted by Crippen LogP contribution is -2.13. The van der Waals surface area contributed by atoms with Crippen molar-refractivity contribution >= 4 is 23.5 Å². The van der Waals surface area contributed by atoms with Crippen LogP contribution >= 0.6 is 11.6 Å². The lowest BCUT2D eigenvalue weighted by molar-refractivity contribution is 0.102. The van der Waals surface area contributed by atoms with Crippen LogP contribution in [-0.4, -0.2) is 22.6 Å². The summed E-state index contributed by atoms with van der Waals surface area (Å²) in [6.45, 7) is 2.85. The van der Waals surface area contributed by atoms with Crippen LogP contribution in [0.15, 0.2) is 22.6 Å². The van der Waals surface area contributed by atoms with Crippen LogP contribution in [0.5, 0.6) is 0 Å². The number of benzene rings is 1. The molecule has 7 heteroatoms. The number of rotatable bonds is 3. The Labute approximate surface area is 126 Å². The van der Waals surface area contributed by atoms with Gasteiger partial charge < -0.3 is 9.73 Å². The molecule has 2 N–H and O–H groups in total. The third-order valence-corrected chi connectivity index (χ3v) is 3.70. The molecule has 0 bridgehead atoms. The second-order valence-electron chi connectivity index (χ2n) is 5.03. The standard InChI is InChI=1S/C14H15ClN4O2/c1-8-4-5-9(10(15)7-8)12(20)17-14-19-18-13(21-14)11-3-2-6-16-11/h4-5,7,11,16H,2-3,6H2,1H3,(H,17,19,20). The number of hydrogen-bond acceptors (Lipinski definition) is 5. The largest absolute Gasteiger partial charge is 0.406 e. The highest BCUT2D eigenvalue weighted by atomic mass is 35.5. The molecule has 110 valence electrons. The van der Waals surface area contributed by atoms with Gasteiger partial charge >= 0.3 is 6.01 Å². The summed E-state index contributed by atoms with van der Waals surface area (Å²) in [5.41, 5.74) is 1.37. The molecule has 1 fully saturated rings. The van der Waals surface area contributed by atoms with Crippen LogP contribution in [0.2, 0.25) is 5.02 Å². The molecule has 0 radical (unpaired) electrons. The molecule has 2 heterocycles. The van der Waals surface area contributed by atoms with Gasteiger partial charge in [0.1, 0.15) is 0 Å². The summed E-state index contributed by atoms with van der Waals surface area (Å²) in [6.07, 6.45) is 2.03. The fourth-order valence-corrected chi connectivity index (χ4v) is 2.61. The topological polar surface area (TPSA) is 80.0 Å². The Morgan fingerprint density at radius 1 is 1.48 bits per heavy atom. The van der Waals surface area contributed by atoms with Crippen LogP contribution in [0, 0.1) is 6.92 Å². The van der Waals surface area contributed by atoms with Gasteiger partial charge in [0.2, 0.25) is 5.89 Å². The summed E-state index contributed by atoms with van der Waals surface area (Å²) in [5, 5.41) is 14.0. The molecule has 0 spiro atoms. The maximum atomic E-state index is 12.1. The Bertz CT molecular complexity index is 665. The first-order valence-electron chi connectivity index (χ1n) is 6.78. The van der Waals surface area contributed by atoms with E-state index in [9.17, 15) is 4.79 Å². The molecule has 0 saturated carbocycles. The van der Waals surface area contributed by atoms with Gasteiger partial charge in [0.15, 0.2) is 0 Å². The van der Waals surface area contributed by atoms with E-state index in [0.717, 1.165) is 24.9 Å². The predicted octanol–water partition coefficient (Wildman–Crippen LogP) is 2.71. The van der Waals surface area contributed by atoms with Gasteiger partial charge in [-0.25, -0.2) is 0 Å². The maximum Gasteiger partial charge on any atom is 0.322 e. The van der Waals surface area contributed by atoms with Crippen molar-refractivity contribution in [1.29, 1.82) is 0 Å². The first-order valence-corrected chi connectivity index (χ1v) is 7.15. The molecular formula is C14H15ClN4O2. The monoisotopic (exact) mass is 306 g/mol. The predicted molar refractivity (Wildman–Crippen MR) is 78.4 cm³/mol. The van der Waals surface area contributed by atoms with E-state index in [2.05, 4.69) is 20.8 Å². The second-order valence-corrected chi connectivity index (χ2v) is 5.44. The highest BCUT2D eigenvalue weighted by Crippen LogP contribution is 2.23. The van der Waals surface area contributed by atoms with Crippen molar-refractivity contribution in [2.45, 2.75) is 25.8 Å². The summed E-state index contributed by atoms with van der Waals surface area (Å²) in [4.78, 5) is 12.1. The highest BCUT2D eigenvalue weighted by molar-refractivity contribution is 6.34. The first-order chi connectivity index (χ1) is 10.1. The van der Waals surface area contributed by atoms with Crippen molar-refractivity contribution < 1.29 is 9.21 Å². The minimum Gasteiger partial charge on any atom is -0.406 e. The summed E-state index contributed by atoms with van der Waals surface area (Å²) in [6, 6.07) is 5.38. The summed E-state index contributed by atoms with van der Waals surface area (Å²) in [7, 11) is 0. The van der Waals surface area contributed by atoms with Gasteiger partial charge in [-0.3, -0.25) is 10.1 Å². The molecule has 1 saturated heterocycles. The van der Waals surface area contributed by atoms with Gasteiger partial charge in [-0.05, 0) is 44.0 Å². The molecular weight excluding hydrogens is 292 g/mol. The molecule has 1 aliphatic rings. The maximum absolute atomic E-state index is 12.1. The van der Waals surface area contributed by atoms with E-state index in [1.165, 1.54) is 0 Å². The average molecular weight is 307 g/mol. The van der Waals surface area contributed by atoms with E-state index in [1.807, 2.05) is 13.0 Å². The number of amides is 1. The van der Waals surface area contributed by atoms with E-state index in [4.69, 9.17) is 16.0 Å². The van der Waals surface area contributed by atoms with E-state index in [-0.39, 0.29) is 18.0 Å². The molecule has 1 aliphatic heterocycles. The number of carbonyl (C=O) groups excluding carboxylic acids is 1. The Hall–Kier alpha value is -1.92. The number of nitrogens with one attached hydrogen (secondary N) is 2. The lowest BCUT2D eigenvalue weighted by atomic mass is 10.1. The van der Waals surface area contributed by atoms with Gasteiger partial charge in [-0.15, -0.1) is 5.10 Å². The zero-order valence-corrected chi connectivity index (χ0v) is 12.3. The molecule has 1 unspecified atom stereocenters. The SMILES string of the molecule is Cc1ccc(C(=O)Nc2nnc(C3CCCN3)o2)c(Cl)c1. The van der Waals surface area contributed by atoms with Crippen molar-refractivity contribution in [1.82, 2.24) is 15.5 Å². The molecule has 1 aromatic heterocycles. The number of carbonyl (C=O) groups is 1. The molecule has 1 atom stereocenters. The molecule has 1 amide bonds. The third kappa shape index (κ3) is 3.06. The zero-order valence-electron chi connectivity index (χ0n) is 11.5. The number of aromatic nitrogens is 2. The van der Waals surface area contributed by atoms with Crippen LogP contribution in [0.1, 0.15) is 40.7 Å². The lowest BCUT2D eigenvalue weighted by Gasteiger charge is -2.04. The Morgan fingerprint density at radius 2 is 2.33 bits per heavy atom. The van der Waals surface area contributed by atoms with Crippen LogP contribution in [0.4, 0.5) is 6.01 Å². The fraction of sp³-hybridized carbons (Fsp3) is 0.357. The van der Waals surface area contributed by atoms with Crippen molar-refractivity contribution in [3.05, 3.63) is 40.2 Å². The van der Waals surface area contributed by atoms with Gasteiger partial charge in [-0.2, -0.15) is 0 Å². The smallest absolute Gasteiger partial charge is 0.322 e. The second kappa shape index (κ2) is 5.83. The molecule has 2 aromatic rings. The van der Waals surface area contributed by atoms with Crippen LogP contribution in [0.3, 0.4) is 0 Å². The Balaban J connectivity index is 1.72. The fourth-order valence-electron chi connectivity index (χ4n) is 2.29.